The van der Waals surface area contributed by atoms with Crippen molar-refractivity contribution in [1.29, 1.82) is 0 Å². The highest BCUT2D eigenvalue weighted by Gasteiger charge is 2.39. The van der Waals surface area contributed by atoms with Crippen LogP contribution in [0, 0.1) is 0 Å². The number of epoxide rings is 1. The summed E-state index contributed by atoms with van der Waals surface area (Å²) < 4.78 is 10.9. The Balaban J connectivity index is 1.98. The van der Waals surface area contributed by atoms with E-state index in [1.54, 1.807) is 13.0 Å². The Hall–Kier alpha value is -2.05. The monoisotopic (exact) mass is 366 g/mol. The number of phenolic OH excluding ortho intramolecular Hbond substituents is 2. The van der Waals surface area contributed by atoms with Crippen molar-refractivity contribution in [1.82, 2.24) is 0 Å². The Labute approximate surface area is 150 Å². The first kappa shape index (κ1) is 17.8. The van der Waals surface area contributed by atoms with Crippen LogP contribution in [0.5, 0.6) is 11.5 Å². The van der Waals surface area contributed by atoms with Crippen LogP contribution in [0.2, 0.25) is 5.02 Å². The lowest BCUT2D eigenvalue weighted by molar-refractivity contribution is -0.114. The van der Waals surface area contributed by atoms with Crippen LogP contribution in [0.3, 0.4) is 0 Å². The number of aromatic hydroxyl groups is 2. The van der Waals surface area contributed by atoms with Crippen LogP contribution in [-0.4, -0.2) is 40.3 Å². The van der Waals surface area contributed by atoms with E-state index in [-0.39, 0.29) is 40.6 Å². The molecule has 0 spiro atoms. The number of phenols is 2. The highest BCUT2D eigenvalue weighted by molar-refractivity contribution is 6.33. The SMILES string of the molecule is C[C@@H]1C[C@H]2O[C@H]2CC/C=C/C(=O)Cc2c(Cl)c(O)cc(O)c2C(=O)O1. The van der Waals surface area contributed by atoms with E-state index in [0.29, 0.717) is 12.8 Å². The van der Waals surface area contributed by atoms with Gasteiger partial charge in [0.2, 0.25) is 0 Å². The van der Waals surface area contributed by atoms with Gasteiger partial charge in [0, 0.05) is 24.5 Å². The van der Waals surface area contributed by atoms with E-state index in [1.807, 2.05) is 0 Å². The molecule has 1 aromatic rings. The fraction of sp³-hybridized carbons (Fsp3) is 0.444. The Morgan fingerprint density at radius 3 is 2.72 bits per heavy atom. The summed E-state index contributed by atoms with van der Waals surface area (Å²) in [7, 11) is 0. The minimum Gasteiger partial charge on any atom is -0.507 e. The first-order chi connectivity index (χ1) is 11.9. The zero-order valence-corrected chi connectivity index (χ0v) is 14.5. The van der Waals surface area contributed by atoms with E-state index in [2.05, 4.69) is 0 Å². The topological polar surface area (TPSA) is 96.4 Å². The van der Waals surface area contributed by atoms with Crippen molar-refractivity contribution in [3.05, 3.63) is 34.4 Å². The predicted octanol–water partition coefficient (Wildman–Crippen LogP) is 2.92. The maximum absolute atomic E-state index is 12.5. The molecule has 25 heavy (non-hydrogen) atoms. The van der Waals surface area contributed by atoms with Crippen molar-refractivity contribution in [2.45, 2.75) is 50.9 Å². The fourth-order valence-corrected chi connectivity index (χ4v) is 3.26. The molecule has 1 fully saturated rings. The maximum Gasteiger partial charge on any atom is 0.342 e. The standard InChI is InChI=1S/C18H19ClO6/c1-9-6-15-14(25-15)5-3-2-4-10(20)7-11-16(18(23)24-9)12(21)8-13(22)17(11)19/h2,4,8-9,14-15,21-22H,3,5-7H2,1H3/b4-2+/t9-,14+,15-/m1/s1. The van der Waals surface area contributed by atoms with Crippen LogP contribution in [0.15, 0.2) is 18.2 Å². The molecule has 2 N–H and O–H groups in total. The number of ketones is 1. The predicted molar refractivity (Wildman–Crippen MR) is 90.0 cm³/mol. The number of carbonyl (C=O) groups is 2. The Morgan fingerprint density at radius 2 is 1.96 bits per heavy atom. The zero-order chi connectivity index (χ0) is 18.1. The summed E-state index contributed by atoms with van der Waals surface area (Å²) in [6.07, 6.45) is 4.74. The zero-order valence-electron chi connectivity index (χ0n) is 13.7. The van der Waals surface area contributed by atoms with Gasteiger partial charge < -0.3 is 19.7 Å². The average Bonchev–Trinajstić information content (AvgIpc) is 3.25. The van der Waals surface area contributed by atoms with Crippen molar-refractivity contribution in [2.24, 2.45) is 0 Å². The lowest BCUT2D eigenvalue weighted by Gasteiger charge is -2.16. The van der Waals surface area contributed by atoms with Crippen LogP contribution in [0.25, 0.3) is 0 Å². The summed E-state index contributed by atoms with van der Waals surface area (Å²) in [6, 6.07) is 0.969. The molecule has 6 nitrogen and oxygen atoms in total. The molecule has 0 bridgehead atoms. The number of ether oxygens (including phenoxy) is 2. The number of esters is 1. The molecule has 0 aliphatic carbocycles. The maximum atomic E-state index is 12.5. The Kier molecular flexibility index (Phi) is 5.01. The minimum absolute atomic E-state index is 0.0336. The van der Waals surface area contributed by atoms with Gasteiger partial charge in [-0.3, -0.25) is 4.79 Å². The Morgan fingerprint density at radius 1 is 1.20 bits per heavy atom. The molecule has 0 amide bonds. The molecular formula is C18H19ClO6. The van der Waals surface area contributed by atoms with Crippen LogP contribution in [0.4, 0.5) is 0 Å². The molecular weight excluding hydrogens is 348 g/mol. The molecule has 2 aliphatic heterocycles. The van der Waals surface area contributed by atoms with E-state index in [0.717, 1.165) is 12.5 Å². The number of hydrogen-bond donors (Lipinski definition) is 2. The van der Waals surface area contributed by atoms with Gasteiger partial charge in [-0.2, -0.15) is 0 Å². The number of benzene rings is 1. The Bertz CT molecular complexity index is 742. The van der Waals surface area contributed by atoms with Crippen molar-refractivity contribution in [3.8, 4) is 11.5 Å². The van der Waals surface area contributed by atoms with Gasteiger partial charge in [-0.25, -0.2) is 4.79 Å². The number of allylic oxidation sites excluding steroid dienone is 2. The average molecular weight is 367 g/mol. The van der Waals surface area contributed by atoms with Crippen LogP contribution in [-0.2, 0) is 20.7 Å². The summed E-state index contributed by atoms with van der Waals surface area (Å²) >= 11 is 6.07. The van der Waals surface area contributed by atoms with E-state index < -0.39 is 23.6 Å². The van der Waals surface area contributed by atoms with E-state index in [4.69, 9.17) is 21.1 Å². The third kappa shape index (κ3) is 3.96. The van der Waals surface area contributed by atoms with Gasteiger partial charge in [0.05, 0.1) is 17.2 Å². The first-order valence-electron chi connectivity index (χ1n) is 8.16. The van der Waals surface area contributed by atoms with Crippen molar-refractivity contribution >= 4 is 23.4 Å². The number of rotatable bonds is 0. The number of fused-ring (bicyclic) bond motifs is 2. The van der Waals surface area contributed by atoms with Gasteiger partial charge in [0.15, 0.2) is 5.78 Å². The summed E-state index contributed by atoms with van der Waals surface area (Å²) in [4.78, 5) is 24.7. The second kappa shape index (κ2) is 7.06. The molecule has 1 saturated heterocycles. The van der Waals surface area contributed by atoms with Gasteiger partial charge in [-0.15, -0.1) is 0 Å². The third-order valence-electron chi connectivity index (χ3n) is 4.36. The molecule has 1 aromatic carbocycles. The second-order valence-corrected chi connectivity index (χ2v) is 6.75. The summed E-state index contributed by atoms with van der Waals surface area (Å²) in [6.45, 7) is 1.74. The molecule has 0 saturated carbocycles. The first-order valence-corrected chi connectivity index (χ1v) is 8.53. The van der Waals surface area contributed by atoms with Gasteiger partial charge in [0.25, 0.3) is 0 Å². The molecule has 0 radical (unpaired) electrons. The summed E-state index contributed by atoms with van der Waals surface area (Å²) in [5.41, 5.74) is -0.134. The van der Waals surface area contributed by atoms with Crippen LogP contribution < -0.4 is 0 Å². The fourth-order valence-electron chi connectivity index (χ4n) is 3.04. The molecule has 3 rings (SSSR count). The summed E-state index contributed by atoms with van der Waals surface area (Å²) in [5, 5.41) is 19.8. The molecule has 134 valence electrons. The number of hydrogen-bond acceptors (Lipinski definition) is 6. The van der Waals surface area contributed by atoms with Crippen LogP contribution in [0.1, 0.15) is 42.1 Å². The summed E-state index contributed by atoms with van der Waals surface area (Å²) in [5.74, 6) is -1.95. The van der Waals surface area contributed by atoms with Gasteiger partial charge in [-0.05, 0) is 25.8 Å². The number of carbonyl (C=O) groups excluding carboxylic acids is 2. The molecule has 7 heteroatoms. The quantitative estimate of drug-likeness (QED) is 0.541. The van der Waals surface area contributed by atoms with Gasteiger partial charge in [0.1, 0.15) is 23.2 Å². The lowest BCUT2D eigenvalue weighted by Crippen LogP contribution is -2.20. The highest BCUT2D eigenvalue weighted by atomic mass is 35.5. The van der Waals surface area contributed by atoms with Gasteiger partial charge in [-0.1, -0.05) is 17.7 Å². The number of cyclic esters (lactones) is 1. The lowest BCUT2D eigenvalue weighted by atomic mass is 9.99. The third-order valence-corrected chi connectivity index (χ3v) is 4.78. The normalized spacial score (nSPS) is 28.3. The number of halogens is 1. The highest BCUT2D eigenvalue weighted by Crippen LogP contribution is 2.38. The second-order valence-electron chi connectivity index (χ2n) is 6.37. The largest absolute Gasteiger partial charge is 0.507 e. The molecule has 2 aliphatic rings. The van der Waals surface area contributed by atoms with Crippen LogP contribution >= 0.6 is 11.6 Å². The van der Waals surface area contributed by atoms with Gasteiger partial charge >= 0.3 is 5.97 Å². The minimum atomic E-state index is -0.784. The van der Waals surface area contributed by atoms with Crippen molar-refractivity contribution < 1.29 is 29.3 Å². The van der Waals surface area contributed by atoms with Crippen molar-refractivity contribution in [2.75, 3.05) is 0 Å². The van der Waals surface area contributed by atoms with E-state index >= 15 is 0 Å². The smallest absolute Gasteiger partial charge is 0.342 e. The molecule has 0 aromatic heterocycles. The van der Waals surface area contributed by atoms with E-state index in [9.17, 15) is 19.8 Å². The molecule has 2 heterocycles. The molecule has 0 unspecified atom stereocenters. The molecule has 3 atom stereocenters. The van der Waals surface area contributed by atoms with E-state index in [1.165, 1.54) is 6.08 Å². The van der Waals surface area contributed by atoms with Crippen molar-refractivity contribution in [3.63, 3.8) is 0 Å².